The summed E-state index contributed by atoms with van der Waals surface area (Å²) in [7, 11) is 0. The maximum atomic E-state index is 14.6. The molecule has 0 aliphatic carbocycles. The van der Waals surface area contributed by atoms with Crippen LogP contribution in [0.2, 0.25) is 0 Å². The SMILES string of the molecule is O=C(O)N[C@@H]1COCC[C@H]1N1Cc2c(F)cc(C(=O)NNC(=O)C(F)F)cc2C1=O. The van der Waals surface area contributed by atoms with Gasteiger partial charge in [-0.2, -0.15) is 8.78 Å². The lowest BCUT2D eigenvalue weighted by Gasteiger charge is -2.37. The first-order valence-electron chi connectivity index (χ1n) is 8.78. The number of hydrogen-bond donors (Lipinski definition) is 4. The summed E-state index contributed by atoms with van der Waals surface area (Å²) in [6, 6.07) is 0.599. The number of amides is 4. The third-order valence-corrected chi connectivity index (χ3v) is 4.80. The van der Waals surface area contributed by atoms with Gasteiger partial charge in [0.25, 0.3) is 11.8 Å². The average molecular weight is 430 g/mol. The Morgan fingerprint density at radius 2 is 1.97 bits per heavy atom. The van der Waals surface area contributed by atoms with E-state index in [2.05, 4.69) is 5.32 Å². The van der Waals surface area contributed by atoms with Gasteiger partial charge in [0.1, 0.15) is 5.82 Å². The molecule has 2 heterocycles. The van der Waals surface area contributed by atoms with Gasteiger partial charge in [-0.1, -0.05) is 0 Å². The van der Waals surface area contributed by atoms with E-state index in [0.717, 1.165) is 12.1 Å². The van der Waals surface area contributed by atoms with E-state index in [1.165, 1.54) is 10.3 Å². The molecular formula is C17H17F3N4O6. The van der Waals surface area contributed by atoms with E-state index in [9.17, 15) is 32.3 Å². The molecule has 1 aromatic rings. The van der Waals surface area contributed by atoms with E-state index in [-0.39, 0.29) is 36.4 Å². The van der Waals surface area contributed by atoms with Crippen LogP contribution in [0.3, 0.4) is 0 Å². The van der Waals surface area contributed by atoms with Crippen molar-refractivity contribution >= 4 is 23.8 Å². The largest absolute Gasteiger partial charge is 0.465 e. The summed E-state index contributed by atoms with van der Waals surface area (Å²) in [4.78, 5) is 48.0. The molecule has 2 aliphatic heterocycles. The normalized spacial score (nSPS) is 20.7. The standard InChI is InChI=1S/C17H17F3N4O6/c18-10-4-7(14(25)22-23-15(26)13(19)20)3-8-9(10)5-24(16(8)27)12-1-2-30-6-11(12)21-17(28)29/h3-4,11-13,21H,1-2,5-6H2,(H,22,25)(H,23,26)(H,28,29)/t11-,12-/m1/s1. The lowest BCUT2D eigenvalue weighted by molar-refractivity contribution is -0.132. The van der Waals surface area contributed by atoms with Gasteiger partial charge in [0, 0.05) is 23.3 Å². The number of carbonyl (C=O) groups is 4. The summed E-state index contributed by atoms with van der Waals surface area (Å²) in [5.41, 5.74) is 2.75. The first kappa shape index (κ1) is 21.4. The van der Waals surface area contributed by atoms with Gasteiger partial charge in [-0.15, -0.1) is 0 Å². The number of carbonyl (C=O) groups excluding carboxylic acids is 3. The predicted molar refractivity (Wildman–Crippen MR) is 92.1 cm³/mol. The number of hydrazine groups is 1. The smallest absolute Gasteiger partial charge is 0.405 e. The van der Waals surface area contributed by atoms with Crippen molar-refractivity contribution in [2.75, 3.05) is 13.2 Å². The molecule has 0 saturated carbocycles. The molecule has 13 heteroatoms. The van der Waals surface area contributed by atoms with Crippen molar-refractivity contribution in [2.24, 2.45) is 0 Å². The first-order valence-corrected chi connectivity index (χ1v) is 8.78. The highest BCUT2D eigenvalue weighted by molar-refractivity contribution is 6.03. The van der Waals surface area contributed by atoms with Crippen molar-refractivity contribution < 1.29 is 42.2 Å². The van der Waals surface area contributed by atoms with Gasteiger partial charge in [-0.25, -0.2) is 9.18 Å². The second kappa shape index (κ2) is 8.57. The molecule has 0 bridgehead atoms. The van der Waals surface area contributed by atoms with Crippen molar-refractivity contribution in [1.82, 2.24) is 21.1 Å². The number of carboxylic acid groups (broad SMARTS) is 1. The van der Waals surface area contributed by atoms with Crippen molar-refractivity contribution in [1.29, 1.82) is 0 Å². The molecule has 162 valence electrons. The summed E-state index contributed by atoms with van der Waals surface area (Å²) in [6.07, 6.45) is -4.33. The van der Waals surface area contributed by atoms with Crippen molar-refractivity contribution in [3.63, 3.8) is 0 Å². The number of ether oxygens (including phenoxy) is 1. The number of rotatable bonds is 4. The van der Waals surface area contributed by atoms with Crippen LogP contribution in [0.1, 0.15) is 32.7 Å². The number of nitrogens with zero attached hydrogens (tertiary/aromatic N) is 1. The summed E-state index contributed by atoms with van der Waals surface area (Å²) < 4.78 is 44.2. The Morgan fingerprint density at radius 3 is 2.63 bits per heavy atom. The van der Waals surface area contributed by atoms with E-state index >= 15 is 0 Å². The van der Waals surface area contributed by atoms with Crippen molar-refractivity contribution in [2.45, 2.75) is 31.5 Å². The third kappa shape index (κ3) is 4.30. The fraction of sp³-hybridized carbons (Fsp3) is 0.412. The second-order valence-electron chi connectivity index (χ2n) is 6.65. The summed E-state index contributed by atoms with van der Waals surface area (Å²) >= 11 is 0. The minimum absolute atomic E-state index is 0.0220. The van der Waals surface area contributed by atoms with Crippen LogP contribution in [0.25, 0.3) is 0 Å². The van der Waals surface area contributed by atoms with Crippen LogP contribution in [0.4, 0.5) is 18.0 Å². The highest BCUT2D eigenvalue weighted by atomic mass is 19.3. The quantitative estimate of drug-likeness (QED) is 0.505. The third-order valence-electron chi connectivity index (χ3n) is 4.80. The number of alkyl halides is 2. The molecule has 0 radical (unpaired) electrons. The molecule has 4 N–H and O–H groups in total. The van der Waals surface area contributed by atoms with E-state index in [1.54, 1.807) is 5.43 Å². The predicted octanol–water partition coefficient (Wildman–Crippen LogP) is 0.233. The zero-order chi connectivity index (χ0) is 22.0. The van der Waals surface area contributed by atoms with Gasteiger partial charge in [0.05, 0.1) is 25.2 Å². The van der Waals surface area contributed by atoms with Crippen LogP contribution in [0.5, 0.6) is 0 Å². The lowest BCUT2D eigenvalue weighted by Crippen LogP contribution is -2.56. The fourth-order valence-electron chi connectivity index (χ4n) is 3.43. The molecule has 1 fully saturated rings. The maximum absolute atomic E-state index is 14.6. The topological polar surface area (TPSA) is 137 Å². The Hall–Kier alpha value is -3.35. The highest BCUT2D eigenvalue weighted by Gasteiger charge is 2.40. The van der Waals surface area contributed by atoms with Crippen LogP contribution in [-0.4, -0.2) is 65.5 Å². The number of hydrogen-bond acceptors (Lipinski definition) is 5. The van der Waals surface area contributed by atoms with Gasteiger partial charge in [-0.3, -0.25) is 25.2 Å². The van der Waals surface area contributed by atoms with Crippen LogP contribution in [0.15, 0.2) is 12.1 Å². The average Bonchev–Trinajstić information content (AvgIpc) is 3.03. The van der Waals surface area contributed by atoms with E-state index in [0.29, 0.717) is 6.42 Å². The number of fused-ring (bicyclic) bond motifs is 1. The Morgan fingerprint density at radius 1 is 1.23 bits per heavy atom. The summed E-state index contributed by atoms with van der Waals surface area (Å²) in [5.74, 6) is -4.32. The van der Waals surface area contributed by atoms with Crippen LogP contribution in [-0.2, 0) is 16.1 Å². The molecule has 0 aromatic heterocycles. The molecule has 1 saturated heterocycles. The van der Waals surface area contributed by atoms with Crippen LogP contribution >= 0.6 is 0 Å². The van der Waals surface area contributed by atoms with Crippen molar-refractivity contribution in [3.8, 4) is 0 Å². The monoisotopic (exact) mass is 430 g/mol. The molecule has 2 atom stereocenters. The second-order valence-corrected chi connectivity index (χ2v) is 6.65. The van der Waals surface area contributed by atoms with E-state index in [1.807, 2.05) is 0 Å². The zero-order valence-corrected chi connectivity index (χ0v) is 15.3. The van der Waals surface area contributed by atoms with E-state index < -0.39 is 48.1 Å². The minimum atomic E-state index is -3.36. The van der Waals surface area contributed by atoms with Crippen LogP contribution in [0, 0.1) is 5.82 Å². The zero-order valence-electron chi connectivity index (χ0n) is 15.3. The fourth-order valence-corrected chi connectivity index (χ4v) is 3.43. The van der Waals surface area contributed by atoms with Gasteiger partial charge < -0.3 is 20.1 Å². The molecule has 3 rings (SSSR count). The Kier molecular flexibility index (Phi) is 6.10. The van der Waals surface area contributed by atoms with Gasteiger partial charge >= 0.3 is 18.4 Å². The highest BCUT2D eigenvalue weighted by Crippen LogP contribution is 2.31. The summed E-state index contributed by atoms with van der Waals surface area (Å²) in [5, 5.41) is 11.3. The first-order chi connectivity index (χ1) is 14.2. The molecule has 4 amide bonds. The maximum Gasteiger partial charge on any atom is 0.405 e. The Balaban J connectivity index is 1.79. The van der Waals surface area contributed by atoms with Gasteiger partial charge in [0.15, 0.2) is 0 Å². The molecule has 2 aliphatic rings. The van der Waals surface area contributed by atoms with Gasteiger partial charge in [-0.05, 0) is 18.6 Å². The number of nitrogens with one attached hydrogen (secondary N) is 3. The molecule has 10 nitrogen and oxygen atoms in total. The molecule has 0 spiro atoms. The van der Waals surface area contributed by atoms with Gasteiger partial charge in [0.2, 0.25) is 0 Å². The lowest BCUT2D eigenvalue weighted by atomic mass is 10.0. The molecule has 0 unspecified atom stereocenters. The number of benzene rings is 1. The summed E-state index contributed by atoms with van der Waals surface area (Å²) in [6.45, 7) is 0.187. The minimum Gasteiger partial charge on any atom is -0.465 e. The Labute approximate surface area is 167 Å². The van der Waals surface area contributed by atoms with Crippen molar-refractivity contribution in [3.05, 3.63) is 34.6 Å². The Bertz CT molecular complexity index is 896. The number of halogens is 3. The molecule has 30 heavy (non-hydrogen) atoms. The molecular weight excluding hydrogens is 413 g/mol. The van der Waals surface area contributed by atoms with E-state index in [4.69, 9.17) is 9.84 Å². The van der Waals surface area contributed by atoms with Crippen LogP contribution < -0.4 is 16.2 Å². The molecule has 1 aromatic carbocycles.